The summed E-state index contributed by atoms with van der Waals surface area (Å²) in [5.74, 6) is -0.175. The second-order valence-corrected chi connectivity index (χ2v) is 7.49. The number of hydrogen-bond acceptors (Lipinski definition) is 2. The fraction of sp³-hybridized carbons (Fsp3) is 0.300. The quantitative estimate of drug-likeness (QED) is 0.755. The Morgan fingerprint density at radius 3 is 2.46 bits per heavy atom. The van der Waals surface area contributed by atoms with Gasteiger partial charge in [-0.3, -0.25) is 0 Å². The molecule has 1 aliphatic carbocycles. The van der Waals surface area contributed by atoms with E-state index >= 15 is 0 Å². The van der Waals surface area contributed by atoms with Crippen LogP contribution in [-0.2, 0) is 5.54 Å². The fourth-order valence-electron chi connectivity index (χ4n) is 4.09. The Morgan fingerprint density at radius 2 is 1.89 bits per heavy atom. The van der Waals surface area contributed by atoms with E-state index in [4.69, 9.17) is 16.9 Å². The number of carbonyl (C=O) groups is 1. The summed E-state index contributed by atoms with van der Waals surface area (Å²) in [6, 6.07) is 12.4. The van der Waals surface area contributed by atoms with Gasteiger partial charge in [0.05, 0.1) is 11.6 Å². The van der Waals surface area contributed by atoms with Crippen molar-refractivity contribution in [2.75, 3.05) is 11.9 Å². The molecule has 0 unspecified atom stereocenters. The number of anilines is 1. The van der Waals surface area contributed by atoms with Crippen molar-refractivity contribution in [2.24, 2.45) is 5.92 Å². The zero-order chi connectivity index (χ0) is 20.1. The van der Waals surface area contributed by atoms with Crippen molar-refractivity contribution in [2.45, 2.75) is 24.6 Å². The normalized spacial score (nSPS) is 21.7. The molecule has 0 radical (unpaired) electrons. The number of benzene rings is 2. The van der Waals surface area contributed by atoms with Crippen molar-refractivity contribution in [3.05, 3.63) is 64.2 Å². The van der Waals surface area contributed by atoms with E-state index < -0.39 is 24.3 Å². The summed E-state index contributed by atoms with van der Waals surface area (Å²) in [6.45, 7) is -1.39. The first kappa shape index (κ1) is 18.6. The van der Waals surface area contributed by atoms with E-state index in [1.165, 1.54) is 0 Å². The second-order valence-electron chi connectivity index (χ2n) is 7.05. The molecule has 2 amide bonds. The molecule has 0 saturated heterocycles. The number of hydrogen-bond donors (Lipinski definition) is 1. The summed E-state index contributed by atoms with van der Waals surface area (Å²) in [4.78, 5) is 13.7. The maximum Gasteiger partial charge on any atom is 0.406 e. The third-order valence-corrected chi connectivity index (χ3v) is 5.50. The monoisotopic (exact) mass is 405 g/mol. The molecular formula is C20H15ClF3N3O. The summed E-state index contributed by atoms with van der Waals surface area (Å²) in [5, 5.41) is 12.0. The fourth-order valence-corrected chi connectivity index (χ4v) is 4.26. The molecular weight excluding hydrogens is 391 g/mol. The Balaban J connectivity index is 2.00. The van der Waals surface area contributed by atoms with Gasteiger partial charge in [0.15, 0.2) is 0 Å². The molecule has 28 heavy (non-hydrogen) atoms. The highest BCUT2D eigenvalue weighted by Crippen LogP contribution is 2.57. The van der Waals surface area contributed by atoms with Gasteiger partial charge in [-0.2, -0.15) is 18.4 Å². The van der Waals surface area contributed by atoms with Gasteiger partial charge in [-0.25, -0.2) is 4.79 Å². The highest BCUT2D eigenvalue weighted by molar-refractivity contribution is 6.30. The molecule has 2 aliphatic rings. The van der Waals surface area contributed by atoms with Crippen LogP contribution in [0.3, 0.4) is 0 Å². The van der Waals surface area contributed by atoms with Gasteiger partial charge < -0.3 is 10.2 Å². The van der Waals surface area contributed by atoms with Crippen LogP contribution in [0.5, 0.6) is 0 Å². The summed E-state index contributed by atoms with van der Waals surface area (Å²) in [7, 11) is 0. The molecule has 0 spiro atoms. The minimum absolute atomic E-state index is 0.175. The maximum absolute atomic E-state index is 13.4. The minimum atomic E-state index is -4.57. The summed E-state index contributed by atoms with van der Waals surface area (Å²) < 4.78 is 40.3. The molecule has 0 aromatic heterocycles. The van der Waals surface area contributed by atoms with Crippen LogP contribution >= 0.6 is 11.6 Å². The van der Waals surface area contributed by atoms with Crippen LogP contribution in [0.1, 0.15) is 29.5 Å². The molecule has 1 fully saturated rings. The number of alkyl halides is 3. The molecule has 144 valence electrons. The molecule has 2 aromatic rings. The SMILES string of the molecule is N#Cc1ccc([C@]2(C3CC3)c3cc(Cl)ccc3NC(=O)N2CC(F)(F)F)cc1. The molecule has 1 heterocycles. The Morgan fingerprint density at radius 1 is 1.21 bits per heavy atom. The number of urea groups is 1. The Bertz CT molecular complexity index is 980. The largest absolute Gasteiger partial charge is 0.406 e. The van der Waals surface area contributed by atoms with Gasteiger partial charge >= 0.3 is 12.2 Å². The van der Waals surface area contributed by atoms with Crippen molar-refractivity contribution in [1.29, 1.82) is 5.26 Å². The third-order valence-electron chi connectivity index (χ3n) is 5.26. The number of nitrogens with zero attached hydrogens (tertiary/aromatic N) is 2. The van der Waals surface area contributed by atoms with Gasteiger partial charge in [-0.1, -0.05) is 23.7 Å². The summed E-state index contributed by atoms with van der Waals surface area (Å²) in [6.07, 6.45) is -3.19. The molecule has 4 rings (SSSR count). The molecule has 1 saturated carbocycles. The van der Waals surface area contributed by atoms with Crippen molar-refractivity contribution >= 4 is 23.3 Å². The number of halogens is 4. The van der Waals surface area contributed by atoms with Crippen LogP contribution in [0.2, 0.25) is 5.02 Å². The van der Waals surface area contributed by atoms with E-state index in [0.717, 1.165) is 4.90 Å². The number of carbonyl (C=O) groups excluding carboxylic acids is 1. The van der Waals surface area contributed by atoms with Crippen molar-refractivity contribution in [3.63, 3.8) is 0 Å². The maximum atomic E-state index is 13.4. The molecule has 1 N–H and O–H groups in total. The number of nitriles is 1. The predicted octanol–water partition coefficient (Wildman–Crippen LogP) is 5.28. The zero-order valence-electron chi connectivity index (χ0n) is 14.6. The van der Waals surface area contributed by atoms with Gasteiger partial charge in [-0.15, -0.1) is 0 Å². The molecule has 0 bridgehead atoms. The standard InChI is InChI=1S/C20H15ClF3N3O/c21-15-7-8-17-16(9-15)20(14-5-6-14,13-3-1-12(10-25)2-4-13)27(18(28)26-17)11-19(22,23)24/h1-4,7-9,14H,5-6,11H2,(H,26,28)/t20-/m0/s1. The number of nitrogens with one attached hydrogen (secondary N) is 1. The lowest BCUT2D eigenvalue weighted by Gasteiger charge is -2.49. The topological polar surface area (TPSA) is 56.1 Å². The van der Waals surface area contributed by atoms with E-state index in [-0.39, 0.29) is 5.92 Å². The molecule has 4 nitrogen and oxygen atoms in total. The number of rotatable bonds is 3. The van der Waals surface area contributed by atoms with Crippen molar-refractivity contribution in [3.8, 4) is 6.07 Å². The van der Waals surface area contributed by atoms with Crippen LogP contribution < -0.4 is 5.32 Å². The predicted molar refractivity (Wildman–Crippen MR) is 97.9 cm³/mol. The van der Waals surface area contributed by atoms with E-state index in [1.54, 1.807) is 42.5 Å². The average Bonchev–Trinajstić information content (AvgIpc) is 3.48. The van der Waals surface area contributed by atoms with Crippen LogP contribution in [0.15, 0.2) is 42.5 Å². The number of fused-ring (bicyclic) bond motifs is 1. The Kier molecular flexibility index (Phi) is 4.27. The second kappa shape index (κ2) is 6.42. The minimum Gasteiger partial charge on any atom is -0.307 e. The van der Waals surface area contributed by atoms with E-state index in [1.807, 2.05) is 6.07 Å². The summed E-state index contributed by atoms with van der Waals surface area (Å²) >= 11 is 6.18. The first-order chi connectivity index (χ1) is 13.3. The third kappa shape index (κ3) is 2.98. The molecule has 1 atom stereocenters. The van der Waals surface area contributed by atoms with Gasteiger partial charge in [0, 0.05) is 16.3 Å². The van der Waals surface area contributed by atoms with Gasteiger partial charge in [0.1, 0.15) is 12.1 Å². The van der Waals surface area contributed by atoms with Crippen LogP contribution in [-0.4, -0.2) is 23.7 Å². The van der Waals surface area contributed by atoms with Crippen molar-refractivity contribution in [1.82, 2.24) is 4.90 Å². The summed E-state index contributed by atoms with van der Waals surface area (Å²) in [5.41, 5.74) is 0.618. The highest BCUT2D eigenvalue weighted by Gasteiger charge is 2.58. The molecule has 1 aliphatic heterocycles. The Hall–Kier alpha value is -2.72. The number of amides is 2. The van der Waals surface area contributed by atoms with Gasteiger partial charge in [-0.05, 0) is 54.7 Å². The lowest BCUT2D eigenvalue weighted by atomic mass is 9.75. The van der Waals surface area contributed by atoms with Crippen molar-refractivity contribution < 1.29 is 18.0 Å². The zero-order valence-corrected chi connectivity index (χ0v) is 15.3. The van der Waals surface area contributed by atoms with Crippen LogP contribution in [0.4, 0.5) is 23.7 Å². The lowest BCUT2D eigenvalue weighted by molar-refractivity contribution is -0.149. The first-order valence-corrected chi connectivity index (χ1v) is 9.09. The average molecular weight is 406 g/mol. The van der Waals surface area contributed by atoms with E-state index in [9.17, 15) is 18.0 Å². The highest BCUT2D eigenvalue weighted by atomic mass is 35.5. The smallest absolute Gasteiger partial charge is 0.307 e. The first-order valence-electron chi connectivity index (χ1n) is 8.72. The van der Waals surface area contributed by atoms with Crippen LogP contribution in [0.25, 0.3) is 0 Å². The van der Waals surface area contributed by atoms with Gasteiger partial charge in [0.25, 0.3) is 0 Å². The van der Waals surface area contributed by atoms with Crippen LogP contribution in [0, 0.1) is 17.2 Å². The lowest BCUT2D eigenvalue weighted by Crippen LogP contribution is -2.59. The van der Waals surface area contributed by atoms with E-state index in [2.05, 4.69) is 5.32 Å². The van der Waals surface area contributed by atoms with E-state index in [0.29, 0.717) is 40.2 Å². The Labute approximate surface area is 164 Å². The molecule has 8 heteroatoms. The molecule has 2 aromatic carbocycles. The van der Waals surface area contributed by atoms with Gasteiger partial charge in [0.2, 0.25) is 0 Å².